The molecule has 0 amide bonds. The molecule has 2 aromatic rings. The predicted octanol–water partition coefficient (Wildman–Crippen LogP) is 5.12. The van der Waals surface area contributed by atoms with Crippen molar-refractivity contribution in [3.05, 3.63) is 40.1 Å². The summed E-state index contributed by atoms with van der Waals surface area (Å²) in [7, 11) is 0. The van der Waals surface area contributed by atoms with Crippen LogP contribution in [0.15, 0.2) is 29.0 Å². The molecule has 1 saturated carbocycles. The van der Waals surface area contributed by atoms with Crippen LogP contribution in [-0.2, 0) is 0 Å². The maximum atomic E-state index is 4.48. The van der Waals surface area contributed by atoms with E-state index in [1.54, 1.807) is 0 Å². The molecule has 3 rings (SSSR count). The first-order valence-corrected chi connectivity index (χ1v) is 8.01. The third-order valence-corrected chi connectivity index (χ3v) is 5.33. The first-order chi connectivity index (χ1) is 9.65. The van der Waals surface area contributed by atoms with Gasteiger partial charge in [0.15, 0.2) is 0 Å². The van der Waals surface area contributed by atoms with E-state index in [2.05, 4.69) is 63.0 Å². The third-order valence-electron chi connectivity index (χ3n) is 4.08. The highest BCUT2D eigenvalue weighted by Gasteiger charge is 2.19. The van der Waals surface area contributed by atoms with Gasteiger partial charge in [-0.05, 0) is 49.9 Å². The van der Waals surface area contributed by atoms with E-state index in [9.17, 15) is 0 Å². The molecule has 4 heteroatoms. The van der Waals surface area contributed by atoms with Crippen LogP contribution in [0.5, 0.6) is 0 Å². The Bertz CT molecular complexity index is 589. The molecule has 3 nitrogen and oxygen atoms in total. The molecule has 1 N–H and O–H groups in total. The standard InChI is InChI=1S/C16H20BrN3/c1-11-9-13(10-12(2)15(11)17)19-16-18-7-8-20(16)14-5-3-4-6-14/h7-10,14H,3-6H2,1-2H3,(H,18,19). The van der Waals surface area contributed by atoms with Crippen molar-refractivity contribution >= 4 is 27.6 Å². The number of hydrogen-bond donors (Lipinski definition) is 1. The highest BCUT2D eigenvalue weighted by molar-refractivity contribution is 9.10. The molecule has 1 heterocycles. The SMILES string of the molecule is Cc1cc(Nc2nccn2C2CCCC2)cc(C)c1Br. The second-order valence-electron chi connectivity index (χ2n) is 5.65. The number of aromatic nitrogens is 2. The molecule has 1 aliphatic carbocycles. The maximum absolute atomic E-state index is 4.48. The first-order valence-electron chi connectivity index (χ1n) is 7.22. The lowest BCUT2D eigenvalue weighted by molar-refractivity contribution is 0.525. The summed E-state index contributed by atoms with van der Waals surface area (Å²) >= 11 is 3.61. The quantitative estimate of drug-likeness (QED) is 0.844. The largest absolute Gasteiger partial charge is 0.326 e. The molecule has 0 aliphatic heterocycles. The van der Waals surface area contributed by atoms with Crippen molar-refractivity contribution in [2.45, 2.75) is 45.6 Å². The molecular weight excluding hydrogens is 314 g/mol. The third kappa shape index (κ3) is 2.62. The van der Waals surface area contributed by atoms with Gasteiger partial charge in [0.05, 0.1) is 0 Å². The average molecular weight is 334 g/mol. The van der Waals surface area contributed by atoms with E-state index in [1.807, 2.05) is 6.20 Å². The Hall–Kier alpha value is -1.29. The zero-order chi connectivity index (χ0) is 14.1. The summed E-state index contributed by atoms with van der Waals surface area (Å²) < 4.78 is 3.47. The smallest absolute Gasteiger partial charge is 0.207 e. The minimum atomic E-state index is 0.609. The summed E-state index contributed by atoms with van der Waals surface area (Å²) in [5.74, 6) is 0.957. The Labute approximate surface area is 128 Å². The van der Waals surface area contributed by atoms with Crippen LogP contribution >= 0.6 is 15.9 Å². The van der Waals surface area contributed by atoms with E-state index in [4.69, 9.17) is 0 Å². The van der Waals surface area contributed by atoms with Crippen molar-refractivity contribution in [1.82, 2.24) is 9.55 Å². The van der Waals surface area contributed by atoms with Crippen molar-refractivity contribution in [3.63, 3.8) is 0 Å². The number of halogens is 1. The summed E-state index contributed by atoms with van der Waals surface area (Å²) in [6, 6.07) is 4.92. The van der Waals surface area contributed by atoms with E-state index in [1.165, 1.54) is 41.3 Å². The van der Waals surface area contributed by atoms with Crippen molar-refractivity contribution in [3.8, 4) is 0 Å². The molecule has 20 heavy (non-hydrogen) atoms. The van der Waals surface area contributed by atoms with E-state index < -0.39 is 0 Å². The van der Waals surface area contributed by atoms with Crippen LogP contribution in [0.2, 0.25) is 0 Å². The fourth-order valence-corrected chi connectivity index (χ4v) is 3.26. The monoisotopic (exact) mass is 333 g/mol. The molecular formula is C16H20BrN3. The van der Waals surface area contributed by atoms with Gasteiger partial charge in [0.1, 0.15) is 0 Å². The summed E-state index contributed by atoms with van der Waals surface area (Å²) in [5, 5.41) is 3.47. The lowest BCUT2D eigenvalue weighted by atomic mass is 10.1. The Morgan fingerprint density at radius 1 is 1.20 bits per heavy atom. The molecule has 1 fully saturated rings. The molecule has 0 atom stereocenters. The van der Waals surface area contributed by atoms with Gasteiger partial charge in [-0.3, -0.25) is 0 Å². The molecule has 1 aromatic carbocycles. The molecule has 0 unspecified atom stereocenters. The molecule has 1 aromatic heterocycles. The van der Waals surface area contributed by atoms with Crippen molar-refractivity contribution < 1.29 is 0 Å². The van der Waals surface area contributed by atoms with Crippen LogP contribution in [0.4, 0.5) is 11.6 Å². The number of benzene rings is 1. The van der Waals surface area contributed by atoms with Crippen LogP contribution in [0, 0.1) is 13.8 Å². The average Bonchev–Trinajstić information content (AvgIpc) is 3.05. The predicted molar refractivity (Wildman–Crippen MR) is 86.6 cm³/mol. The number of anilines is 2. The summed E-state index contributed by atoms with van der Waals surface area (Å²) in [6.07, 6.45) is 9.18. The first kappa shape index (κ1) is 13.7. The second-order valence-corrected chi connectivity index (χ2v) is 6.44. The molecule has 106 valence electrons. The summed E-state index contributed by atoms with van der Waals surface area (Å²) in [4.78, 5) is 4.48. The van der Waals surface area contributed by atoms with Crippen LogP contribution in [0.1, 0.15) is 42.9 Å². The van der Waals surface area contributed by atoms with Gasteiger partial charge in [-0.15, -0.1) is 0 Å². The molecule has 0 bridgehead atoms. The highest BCUT2D eigenvalue weighted by Crippen LogP contribution is 2.33. The van der Waals surface area contributed by atoms with Gasteiger partial charge in [0.25, 0.3) is 0 Å². The zero-order valence-corrected chi connectivity index (χ0v) is 13.6. The zero-order valence-electron chi connectivity index (χ0n) is 12.0. The van der Waals surface area contributed by atoms with E-state index in [0.717, 1.165) is 11.6 Å². The van der Waals surface area contributed by atoms with Crippen molar-refractivity contribution in [2.24, 2.45) is 0 Å². The van der Waals surface area contributed by atoms with Crippen molar-refractivity contribution in [2.75, 3.05) is 5.32 Å². The topological polar surface area (TPSA) is 29.9 Å². The highest BCUT2D eigenvalue weighted by atomic mass is 79.9. The summed E-state index contributed by atoms with van der Waals surface area (Å²) in [6.45, 7) is 4.23. The number of nitrogens with one attached hydrogen (secondary N) is 1. The van der Waals surface area contributed by atoms with Gasteiger partial charge in [0.2, 0.25) is 5.95 Å². The van der Waals surface area contributed by atoms with Crippen LogP contribution in [0.25, 0.3) is 0 Å². The normalized spacial score (nSPS) is 15.8. The van der Waals surface area contributed by atoms with Crippen LogP contribution < -0.4 is 5.32 Å². The maximum Gasteiger partial charge on any atom is 0.207 e. The van der Waals surface area contributed by atoms with Crippen LogP contribution in [-0.4, -0.2) is 9.55 Å². The molecule has 1 aliphatic rings. The Morgan fingerprint density at radius 3 is 2.50 bits per heavy atom. The van der Waals surface area contributed by atoms with E-state index in [-0.39, 0.29) is 0 Å². The van der Waals surface area contributed by atoms with E-state index >= 15 is 0 Å². The minimum absolute atomic E-state index is 0.609. The van der Waals surface area contributed by atoms with Crippen molar-refractivity contribution in [1.29, 1.82) is 0 Å². The van der Waals surface area contributed by atoms with Gasteiger partial charge in [-0.1, -0.05) is 28.8 Å². The minimum Gasteiger partial charge on any atom is -0.326 e. The number of rotatable bonds is 3. The number of nitrogens with zero attached hydrogens (tertiary/aromatic N) is 2. The lowest BCUT2D eigenvalue weighted by Gasteiger charge is -2.16. The van der Waals surface area contributed by atoms with Gasteiger partial charge in [-0.2, -0.15) is 0 Å². The summed E-state index contributed by atoms with van der Waals surface area (Å²) in [5.41, 5.74) is 3.59. The molecule has 0 radical (unpaired) electrons. The molecule has 0 saturated heterocycles. The Kier molecular flexibility index (Phi) is 3.83. The number of imidazole rings is 1. The number of aryl methyl sites for hydroxylation is 2. The fraction of sp³-hybridized carbons (Fsp3) is 0.438. The molecule has 0 spiro atoms. The second kappa shape index (κ2) is 5.60. The Balaban J connectivity index is 1.86. The van der Waals surface area contributed by atoms with Gasteiger partial charge < -0.3 is 9.88 Å². The van der Waals surface area contributed by atoms with Gasteiger partial charge in [-0.25, -0.2) is 4.98 Å². The van der Waals surface area contributed by atoms with Gasteiger partial charge in [0, 0.05) is 28.6 Å². The number of hydrogen-bond acceptors (Lipinski definition) is 2. The Morgan fingerprint density at radius 2 is 1.85 bits per heavy atom. The van der Waals surface area contributed by atoms with E-state index in [0.29, 0.717) is 6.04 Å². The van der Waals surface area contributed by atoms with Crippen LogP contribution in [0.3, 0.4) is 0 Å². The van der Waals surface area contributed by atoms with Gasteiger partial charge >= 0.3 is 0 Å². The lowest BCUT2D eigenvalue weighted by Crippen LogP contribution is -2.08. The fourth-order valence-electron chi connectivity index (χ4n) is 3.03.